The van der Waals surface area contributed by atoms with Crippen LogP contribution < -0.4 is 34.0 Å². The largest absolute Gasteiger partial charge is 0.497 e. The van der Waals surface area contributed by atoms with E-state index in [2.05, 4.69) is 501 Å². The Morgan fingerprint density at radius 2 is 0.319 bits per heavy atom. The van der Waals surface area contributed by atoms with Crippen LogP contribution in [0.5, 0.6) is 11.5 Å². The van der Waals surface area contributed by atoms with Crippen LogP contribution in [-0.2, 0) is 10.8 Å². The second-order valence-electron chi connectivity index (χ2n) is 29.0. The third kappa shape index (κ3) is 20.6. The standard InChI is InChI=1S/C44H42Br2N2.C38H30Br2N2O2.C18H13Br2N/c1-43(2,3)33-11-23-39(24-12-33)47(41-27-15-35(45)16-28-41)37-19-7-31(8-20-37)32-9-21-38(22-10-32)48(42-29-17-36(46)18-30-42)40-25-13-34(14-26-40)44(4,5)6;1-43-37-23-19-35(20-24-37)41(33-15-7-29(39)8-16-33)31-11-3-27(4-12-31)28-5-13-32(14-6-28)42(34-17-9-30(40)10-18-34)36-21-25-38(44-2)26-22-36;19-14-6-10-17(11-7-14)21(16-4-2-1-3-5-16)18-12-8-15(20)9-13-18/h7-30H,1-6H3;3-26H,1-2H3;1-13H. The molecule has 0 N–H and O–H groups in total. The van der Waals surface area contributed by atoms with Gasteiger partial charge in [0.2, 0.25) is 0 Å². The predicted molar refractivity (Wildman–Crippen MR) is 500 cm³/mol. The molecule has 0 unspecified atom stereocenters. The van der Waals surface area contributed by atoms with Gasteiger partial charge in [0, 0.05) is 112 Å². The highest BCUT2D eigenvalue weighted by molar-refractivity contribution is 9.11. The maximum Gasteiger partial charge on any atom is 0.119 e. The van der Waals surface area contributed by atoms with Crippen molar-refractivity contribution in [2.45, 2.75) is 52.4 Å². The number of para-hydroxylation sites is 1. The summed E-state index contributed by atoms with van der Waals surface area (Å²) in [7, 11) is 3.37. The highest BCUT2D eigenvalue weighted by atomic mass is 79.9. The number of hydrogen-bond acceptors (Lipinski definition) is 7. The van der Waals surface area contributed by atoms with Gasteiger partial charge in [-0.3, -0.25) is 0 Å². The lowest BCUT2D eigenvalue weighted by molar-refractivity contribution is 0.414. The second kappa shape index (κ2) is 37.2. The third-order valence-corrected chi connectivity index (χ3v) is 22.5. The molecule has 0 spiro atoms. The predicted octanol–water partition coefficient (Wildman–Crippen LogP) is 32.9. The Bertz CT molecular complexity index is 5190. The zero-order valence-corrected chi connectivity index (χ0v) is 73.6. The second-order valence-corrected chi connectivity index (χ2v) is 34.5. The average molecular weight is 1870 g/mol. The van der Waals surface area contributed by atoms with Crippen LogP contribution in [0.4, 0.5) is 85.3 Å². The van der Waals surface area contributed by atoms with Gasteiger partial charge in [0.1, 0.15) is 11.5 Å². The summed E-state index contributed by atoms with van der Waals surface area (Å²) in [6.45, 7) is 13.5. The molecule has 15 aromatic carbocycles. The molecule has 0 aliphatic carbocycles. The number of benzene rings is 15. The first kappa shape index (κ1) is 80.8. The minimum Gasteiger partial charge on any atom is -0.497 e. The summed E-state index contributed by atoms with van der Waals surface area (Å²) in [6.07, 6.45) is 0. The van der Waals surface area contributed by atoms with E-state index in [1.165, 1.54) is 22.3 Å². The molecule has 564 valence electrons. The van der Waals surface area contributed by atoms with Crippen LogP contribution in [0.3, 0.4) is 0 Å². The van der Waals surface area contributed by atoms with E-state index >= 15 is 0 Å². The van der Waals surface area contributed by atoms with E-state index in [-0.39, 0.29) is 10.8 Å². The van der Waals surface area contributed by atoms with E-state index in [9.17, 15) is 0 Å². The minimum absolute atomic E-state index is 0.102. The van der Waals surface area contributed by atoms with Crippen LogP contribution in [0, 0.1) is 0 Å². The highest BCUT2D eigenvalue weighted by Crippen LogP contribution is 2.44. The number of nitrogens with zero attached hydrogens (tertiary/aromatic N) is 5. The highest BCUT2D eigenvalue weighted by Gasteiger charge is 2.22. The Morgan fingerprint density at radius 3 is 0.478 bits per heavy atom. The first-order valence-corrected chi connectivity index (χ1v) is 41.9. The van der Waals surface area contributed by atoms with Crippen molar-refractivity contribution in [1.82, 2.24) is 0 Å². The number of anilines is 15. The summed E-state index contributed by atoms with van der Waals surface area (Å²) >= 11 is 21.3. The van der Waals surface area contributed by atoms with Gasteiger partial charge in [0.25, 0.3) is 0 Å². The van der Waals surface area contributed by atoms with Gasteiger partial charge in [-0.2, -0.15) is 0 Å². The molecule has 15 rings (SSSR count). The van der Waals surface area contributed by atoms with E-state index in [1.54, 1.807) is 14.2 Å². The van der Waals surface area contributed by atoms with Crippen molar-refractivity contribution in [2.75, 3.05) is 38.7 Å². The Labute approximate surface area is 716 Å². The number of methoxy groups -OCH3 is 2. The molecule has 15 aromatic rings. The summed E-state index contributed by atoms with van der Waals surface area (Å²) < 4.78 is 17.2. The molecule has 0 heterocycles. The minimum atomic E-state index is 0.102. The molecule has 0 amide bonds. The lowest BCUT2D eigenvalue weighted by atomic mass is 9.87. The van der Waals surface area contributed by atoms with Gasteiger partial charge in [0.15, 0.2) is 0 Å². The molecule has 0 fully saturated rings. The number of hydrogen-bond donors (Lipinski definition) is 0. The topological polar surface area (TPSA) is 34.7 Å². The molecule has 0 saturated heterocycles. The van der Waals surface area contributed by atoms with Gasteiger partial charge < -0.3 is 34.0 Å². The van der Waals surface area contributed by atoms with Crippen LogP contribution >= 0.6 is 95.6 Å². The smallest absolute Gasteiger partial charge is 0.119 e. The van der Waals surface area contributed by atoms with Crippen molar-refractivity contribution >= 4 is 181 Å². The quantitative estimate of drug-likeness (QED) is 0.0798. The van der Waals surface area contributed by atoms with Crippen LogP contribution in [-0.4, -0.2) is 14.2 Å². The van der Waals surface area contributed by atoms with Gasteiger partial charge in [-0.1, -0.05) is 228 Å². The van der Waals surface area contributed by atoms with E-state index in [1.807, 2.05) is 30.3 Å². The maximum absolute atomic E-state index is 5.39. The van der Waals surface area contributed by atoms with Crippen molar-refractivity contribution in [3.63, 3.8) is 0 Å². The number of rotatable bonds is 19. The van der Waals surface area contributed by atoms with Crippen molar-refractivity contribution in [1.29, 1.82) is 0 Å². The van der Waals surface area contributed by atoms with Crippen LogP contribution in [0.1, 0.15) is 52.7 Å². The fourth-order valence-electron chi connectivity index (χ4n) is 13.2. The molecule has 113 heavy (non-hydrogen) atoms. The summed E-state index contributed by atoms with van der Waals surface area (Å²) in [4.78, 5) is 11.3. The number of ether oxygens (including phenoxy) is 2. The normalized spacial score (nSPS) is 11.1. The Kier molecular flexibility index (Phi) is 26.6. The Balaban J connectivity index is 0.000000159. The van der Waals surface area contributed by atoms with Crippen LogP contribution in [0.2, 0.25) is 0 Å². The lowest BCUT2D eigenvalue weighted by Gasteiger charge is -2.27. The molecule has 0 aliphatic rings. The van der Waals surface area contributed by atoms with Crippen molar-refractivity contribution in [3.05, 3.63) is 408 Å². The van der Waals surface area contributed by atoms with Gasteiger partial charge in [-0.05, 0) is 323 Å². The van der Waals surface area contributed by atoms with Gasteiger partial charge >= 0.3 is 0 Å². The SMILES string of the molecule is Brc1ccc(N(c2ccccc2)c2ccc(Br)cc2)cc1.CC(C)(C)c1ccc(N(c2ccc(Br)cc2)c2ccc(-c3ccc(N(c4ccc(Br)cc4)c4ccc(C(C)(C)C)cc4)cc3)cc2)cc1.COc1ccc(N(c2ccc(Br)cc2)c2ccc(-c3ccc(N(c4ccc(Br)cc4)c4ccc(OC)cc4)cc3)cc2)cc1. The van der Waals surface area contributed by atoms with E-state index in [0.29, 0.717) is 0 Å². The molecule has 0 bridgehead atoms. The van der Waals surface area contributed by atoms with Crippen LogP contribution in [0.15, 0.2) is 397 Å². The van der Waals surface area contributed by atoms with Gasteiger partial charge in [-0.25, -0.2) is 0 Å². The van der Waals surface area contributed by atoms with Gasteiger partial charge in [0.05, 0.1) is 14.2 Å². The van der Waals surface area contributed by atoms with Gasteiger partial charge in [-0.15, -0.1) is 0 Å². The van der Waals surface area contributed by atoms with Crippen molar-refractivity contribution < 1.29 is 9.47 Å². The van der Waals surface area contributed by atoms with E-state index in [0.717, 1.165) is 135 Å². The summed E-state index contributed by atoms with van der Waals surface area (Å²) in [5, 5.41) is 0. The molecule has 7 nitrogen and oxygen atoms in total. The molecule has 0 aliphatic heterocycles. The zero-order chi connectivity index (χ0) is 79.2. The third-order valence-electron chi connectivity index (χ3n) is 19.3. The first-order chi connectivity index (χ1) is 54.6. The molecule has 13 heteroatoms. The number of halogens is 6. The molecule has 0 radical (unpaired) electrons. The van der Waals surface area contributed by atoms with E-state index < -0.39 is 0 Å². The molecule has 0 saturated carbocycles. The Hall–Kier alpha value is -10.2. The maximum atomic E-state index is 5.39. The van der Waals surface area contributed by atoms with Crippen molar-refractivity contribution in [2.24, 2.45) is 0 Å². The summed E-state index contributed by atoms with van der Waals surface area (Å²) in [5.41, 5.74) is 24.0. The summed E-state index contributed by atoms with van der Waals surface area (Å²) in [6, 6.07) is 130. The Morgan fingerprint density at radius 1 is 0.177 bits per heavy atom. The average Bonchev–Trinajstić information content (AvgIpc) is 0.776. The summed E-state index contributed by atoms with van der Waals surface area (Å²) in [5.74, 6) is 1.66. The molecule has 0 aromatic heterocycles. The molecular weight excluding hydrogens is 1780 g/mol. The molecular formula is C100H85Br6N5O2. The molecule has 0 atom stereocenters. The fraction of sp³-hybridized carbons (Fsp3) is 0.100. The van der Waals surface area contributed by atoms with Crippen LogP contribution in [0.25, 0.3) is 22.3 Å². The monoisotopic (exact) mass is 1860 g/mol. The first-order valence-electron chi connectivity index (χ1n) is 37.1. The lowest BCUT2D eigenvalue weighted by Crippen LogP contribution is -2.13. The fourth-order valence-corrected chi connectivity index (χ4v) is 14.8. The van der Waals surface area contributed by atoms with E-state index in [4.69, 9.17) is 9.47 Å². The van der Waals surface area contributed by atoms with Crippen molar-refractivity contribution in [3.8, 4) is 33.8 Å². The zero-order valence-electron chi connectivity index (χ0n) is 64.0.